The third kappa shape index (κ3) is 5.79. The molecule has 2 heterocycles. The van der Waals surface area contributed by atoms with E-state index >= 15 is 0 Å². The molecule has 8 nitrogen and oxygen atoms in total. The van der Waals surface area contributed by atoms with E-state index in [1.54, 1.807) is 30.3 Å². The highest BCUT2D eigenvalue weighted by Gasteiger charge is 2.26. The number of sulfonamides is 1. The molecule has 0 radical (unpaired) electrons. The summed E-state index contributed by atoms with van der Waals surface area (Å²) >= 11 is 1.20. The minimum atomic E-state index is -3.61. The lowest BCUT2D eigenvalue weighted by Gasteiger charge is -2.26. The Morgan fingerprint density at radius 2 is 1.66 bits per heavy atom. The van der Waals surface area contributed by atoms with Crippen molar-refractivity contribution in [3.05, 3.63) is 84.7 Å². The van der Waals surface area contributed by atoms with Gasteiger partial charge in [-0.05, 0) is 67.4 Å². The number of halogens is 1. The van der Waals surface area contributed by atoms with E-state index in [2.05, 4.69) is 15.5 Å². The minimum Gasteiger partial charge on any atom is -0.325 e. The van der Waals surface area contributed by atoms with Gasteiger partial charge in [0.1, 0.15) is 5.82 Å². The number of nitrogens with zero attached hydrogens (tertiary/aromatic N) is 4. The molecule has 38 heavy (non-hydrogen) atoms. The Balaban J connectivity index is 1.32. The molecule has 1 aliphatic heterocycles. The zero-order valence-electron chi connectivity index (χ0n) is 20.5. The van der Waals surface area contributed by atoms with Crippen molar-refractivity contribution in [3.8, 4) is 17.1 Å². The van der Waals surface area contributed by atoms with Crippen molar-refractivity contribution >= 4 is 33.4 Å². The van der Waals surface area contributed by atoms with Crippen LogP contribution in [-0.4, -0.2) is 52.2 Å². The predicted molar refractivity (Wildman–Crippen MR) is 145 cm³/mol. The van der Waals surface area contributed by atoms with E-state index in [-0.39, 0.29) is 22.4 Å². The molecule has 4 aromatic rings. The number of rotatable bonds is 8. The van der Waals surface area contributed by atoms with Crippen LogP contribution in [0.3, 0.4) is 0 Å². The number of benzene rings is 3. The van der Waals surface area contributed by atoms with Gasteiger partial charge in [0, 0.05) is 30.0 Å². The molecule has 1 saturated heterocycles. The Morgan fingerprint density at radius 1 is 0.921 bits per heavy atom. The summed E-state index contributed by atoms with van der Waals surface area (Å²) in [5, 5.41) is 11.9. The number of anilines is 1. The Labute approximate surface area is 224 Å². The van der Waals surface area contributed by atoms with Crippen LogP contribution >= 0.6 is 11.8 Å². The molecule has 5 rings (SSSR count). The van der Waals surface area contributed by atoms with E-state index in [1.807, 2.05) is 34.9 Å². The fraction of sp³-hybridized carbons (Fsp3) is 0.222. The molecular formula is C27H26FN5O3S2. The maximum Gasteiger partial charge on any atom is 0.243 e. The Morgan fingerprint density at radius 3 is 2.39 bits per heavy atom. The van der Waals surface area contributed by atoms with E-state index in [0.29, 0.717) is 35.3 Å². The molecule has 1 fully saturated rings. The average molecular weight is 552 g/mol. The van der Waals surface area contributed by atoms with Gasteiger partial charge in [0.2, 0.25) is 15.9 Å². The largest absolute Gasteiger partial charge is 0.325 e. The first-order valence-corrected chi connectivity index (χ1v) is 14.6. The van der Waals surface area contributed by atoms with Gasteiger partial charge in [-0.25, -0.2) is 12.8 Å². The maximum absolute atomic E-state index is 13.5. The van der Waals surface area contributed by atoms with Crippen molar-refractivity contribution in [1.29, 1.82) is 0 Å². The van der Waals surface area contributed by atoms with Gasteiger partial charge in [0.25, 0.3) is 0 Å². The number of nitrogens with one attached hydrogen (secondary N) is 1. The van der Waals surface area contributed by atoms with Crippen LogP contribution in [0.25, 0.3) is 17.1 Å². The second-order valence-corrected chi connectivity index (χ2v) is 11.7. The zero-order valence-corrected chi connectivity index (χ0v) is 22.1. The summed E-state index contributed by atoms with van der Waals surface area (Å²) in [5.74, 6) is -0.112. The molecule has 1 amide bonds. The van der Waals surface area contributed by atoms with Crippen molar-refractivity contribution in [3.63, 3.8) is 0 Å². The highest BCUT2D eigenvalue weighted by Crippen LogP contribution is 2.28. The van der Waals surface area contributed by atoms with Crippen molar-refractivity contribution in [2.75, 3.05) is 24.2 Å². The van der Waals surface area contributed by atoms with E-state index in [9.17, 15) is 17.6 Å². The molecule has 1 aliphatic rings. The van der Waals surface area contributed by atoms with Crippen LogP contribution in [0.4, 0.5) is 10.1 Å². The van der Waals surface area contributed by atoms with Gasteiger partial charge in [0.15, 0.2) is 11.0 Å². The number of amides is 1. The quantitative estimate of drug-likeness (QED) is 0.310. The summed E-state index contributed by atoms with van der Waals surface area (Å²) in [7, 11) is -3.61. The summed E-state index contributed by atoms with van der Waals surface area (Å²) in [6.07, 6.45) is 2.73. The van der Waals surface area contributed by atoms with Crippen LogP contribution in [0.2, 0.25) is 0 Å². The molecule has 0 bridgehead atoms. The third-order valence-corrected chi connectivity index (χ3v) is 8.98. The van der Waals surface area contributed by atoms with Crippen molar-refractivity contribution < 1.29 is 17.6 Å². The fourth-order valence-electron chi connectivity index (χ4n) is 4.27. The van der Waals surface area contributed by atoms with E-state index in [0.717, 1.165) is 24.9 Å². The molecule has 0 spiro atoms. The number of carbonyl (C=O) groups excluding carboxylic acids is 1. The van der Waals surface area contributed by atoms with Crippen LogP contribution in [-0.2, 0) is 14.8 Å². The average Bonchev–Trinajstić information content (AvgIpc) is 3.37. The van der Waals surface area contributed by atoms with E-state index in [1.165, 1.54) is 34.3 Å². The maximum atomic E-state index is 13.5. The van der Waals surface area contributed by atoms with E-state index < -0.39 is 10.0 Å². The van der Waals surface area contributed by atoms with Crippen LogP contribution in [0, 0.1) is 5.82 Å². The molecule has 0 aliphatic carbocycles. The Hall–Kier alpha value is -3.54. The van der Waals surface area contributed by atoms with Gasteiger partial charge in [-0.3, -0.25) is 9.36 Å². The van der Waals surface area contributed by atoms with Gasteiger partial charge in [-0.2, -0.15) is 4.31 Å². The first kappa shape index (κ1) is 26.1. The smallest absolute Gasteiger partial charge is 0.243 e. The second kappa shape index (κ2) is 11.5. The van der Waals surface area contributed by atoms with Crippen molar-refractivity contribution in [1.82, 2.24) is 19.1 Å². The summed E-state index contributed by atoms with van der Waals surface area (Å²) in [6.45, 7) is 1.02. The van der Waals surface area contributed by atoms with Crippen LogP contribution in [0.1, 0.15) is 19.3 Å². The van der Waals surface area contributed by atoms with Gasteiger partial charge >= 0.3 is 0 Å². The highest BCUT2D eigenvalue weighted by molar-refractivity contribution is 7.99. The van der Waals surface area contributed by atoms with Crippen LogP contribution in [0.15, 0.2) is 88.9 Å². The molecule has 0 unspecified atom stereocenters. The summed E-state index contributed by atoms with van der Waals surface area (Å²) in [5.41, 5.74) is 1.89. The van der Waals surface area contributed by atoms with Gasteiger partial charge in [-0.1, -0.05) is 42.4 Å². The number of thioether (sulfide) groups is 1. The summed E-state index contributed by atoms with van der Waals surface area (Å²) < 4.78 is 42.8. The minimum absolute atomic E-state index is 0.0253. The molecule has 1 aromatic heterocycles. The number of piperidine rings is 1. The van der Waals surface area contributed by atoms with Crippen LogP contribution < -0.4 is 5.32 Å². The molecule has 11 heteroatoms. The first-order valence-electron chi connectivity index (χ1n) is 12.2. The lowest BCUT2D eigenvalue weighted by Crippen LogP contribution is -2.35. The molecular weight excluding hydrogens is 525 g/mol. The number of hydrogen-bond acceptors (Lipinski definition) is 6. The summed E-state index contributed by atoms with van der Waals surface area (Å²) in [6, 6.07) is 21.8. The second-order valence-electron chi connectivity index (χ2n) is 8.81. The van der Waals surface area contributed by atoms with Gasteiger partial charge < -0.3 is 5.32 Å². The monoisotopic (exact) mass is 551 g/mol. The zero-order chi connectivity index (χ0) is 26.5. The fourth-order valence-corrected chi connectivity index (χ4v) is 6.59. The van der Waals surface area contributed by atoms with Crippen molar-refractivity contribution in [2.24, 2.45) is 0 Å². The molecule has 0 atom stereocenters. The third-order valence-electron chi connectivity index (χ3n) is 6.15. The normalized spacial score (nSPS) is 14.3. The standard InChI is InChI=1S/C27H26FN5O3S2/c28-21-14-12-20(13-15-21)26-30-31-27(33(26)23-9-3-1-4-10-23)37-19-25(34)29-22-8-7-11-24(18-22)38(35,36)32-16-5-2-6-17-32/h1,3-4,7-15,18H,2,5-6,16-17,19H2,(H,29,34). The summed E-state index contributed by atoms with van der Waals surface area (Å²) in [4.78, 5) is 13.0. The SMILES string of the molecule is O=C(CSc1nnc(-c2ccc(F)cc2)n1-c1ccccc1)Nc1cccc(S(=O)(=O)N2CCCCC2)c1. The van der Waals surface area contributed by atoms with Crippen LogP contribution in [0.5, 0.6) is 0 Å². The van der Waals surface area contributed by atoms with E-state index in [4.69, 9.17) is 0 Å². The Bertz CT molecular complexity index is 1520. The predicted octanol–water partition coefficient (Wildman–Crippen LogP) is 4.98. The molecule has 0 saturated carbocycles. The first-order chi connectivity index (χ1) is 18.4. The number of hydrogen-bond donors (Lipinski definition) is 1. The lowest BCUT2D eigenvalue weighted by atomic mass is 10.2. The lowest BCUT2D eigenvalue weighted by molar-refractivity contribution is -0.113. The Kier molecular flexibility index (Phi) is 7.87. The van der Waals surface area contributed by atoms with Gasteiger partial charge in [-0.15, -0.1) is 10.2 Å². The molecule has 1 N–H and O–H groups in total. The topological polar surface area (TPSA) is 97.2 Å². The molecule has 3 aromatic carbocycles. The van der Waals surface area contributed by atoms with Crippen molar-refractivity contribution in [2.45, 2.75) is 29.3 Å². The number of carbonyl (C=O) groups is 1. The van der Waals surface area contributed by atoms with Gasteiger partial charge in [0.05, 0.1) is 10.6 Å². The number of para-hydroxylation sites is 1. The molecule has 196 valence electrons. The highest BCUT2D eigenvalue weighted by atomic mass is 32.2. The number of aromatic nitrogens is 3.